The van der Waals surface area contributed by atoms with Gasteiger partial charge in [-0.1, -0.05) is 30.5 Å². The van der Waals surface area contributed by atoms with Gasteiger partial charge in [-0.15, -0.1) is 0 Å². The molecule has 19 heavy (non-hydrogen) atoms. The van der Waals surface area contributed by atoms with Gasteiger partial charge in [-0.3, -0.25) is 0 Å². The van der Waals surface area contributed by atoms with Crippen LogP contribution in [0, 0.1) is 0 Å². The van der Waals surface area contributed by atoms with Crippen LogP contribution in [0.4, 0.5) is 0 Å². The Morgan fingerprint density at radius 2 is 1.95 bits per heavy atom. The van der Waals surface area contributed by atoms with Gasteiger partial charge in [0.1, 0.15) is 0 Å². The van der Waals surface area contributed by atoms with Crippen molar-refractivity contribution in [1.82, 2.24) is 14.9 Å². The smallest absolute Gasteiger partial charge is 0.375 e. The molecule has 0 aromatic heterocycles. The van der Waals surface area contributed by atoms with Crippen molar-refractivity contribution < 1.29 is 4.57 Å². The topological polar surface area (TPSA) is 35.6 Å². The van der Waals surface area contributed by atoms with Crippen molar-refractivity contribution in [1.29, 1.82) is 0 Å². The monoisotopic (exact) mass is 278 g/mol. The van der Waals surface area contributed by atoms with Crippen LogP contribution in [-0.2, 0) is 4.57 Å². The molecule has 0 aromatic rings. The first-order chi connectivity index (χ1) is 8.97. The minimum absolute atomic E-state index is 0.627. The quantitative estimate of drug-likeness (QED) is 0.804. The molecule has 0 aliphatic carbocycles. The van der Waals surface area contributed by atoms with Crippen molar-refractivity contribution in [2.24, 2.45) is 0 Å². The van der Waals surface area contributed by atoms with Crippen molar-refractivity contribution in [3.05, 3.63) is 49.4 Å². The Labute approximate surface area is 116 Å². The predicted octanol–water partition coefficient (Wildman–Crippen LogP) is 2.44. The molecule has 2 atom stereocenters. The number of hydrogen-bond donors (Lipinski definition) is 1. The van der Waals surface area contributed by atoms with Gasteiger partial charge >= 0.3 is 7.95 Å². The number of rotatable bonds is 3. The van der Waals surface area contributed by atoms with E-state index in [-0.39, 0.29) is 0 Å². The van der Waals surface area contributed by atoms with Crippen molar-refractivity contribution in [2.45, 2.75) is 12.2 Å². The van der Waals surface area contributed by atoms with Gasteiger partial charge < -0.3 is 10.2 Å². The Balaban J connectivity index is 2.11. The second-order valence-electron chi connectivity index (χ2n) is 5.03. The Kier molecular flexibility index (Phi) is 3.93. The molecule has 2 rings (SSSR count). The van der Waals surface area contributed by atoms with Crippen LogP contribution in [0.1, 0.15) is 6.92 Å². The van der Waals surface area contributed by atoms with E-state index < -0.39 is 13.2 Å². The summed E-state index contributed by atoms with van der Waals surface area (Å²) in [4.78, 5) is 2.14. The zero-order valence-electron chi connectivity index (χ0n) is 11.4. The van der Waals surface area contributed by atoms with Crippen LogP contribution in [0.25, 0.3) is 0 Å². The van der Waals surface area contributed by atoms with Crippen molar-refractivity contribution >= 4 is 7.95 Å². The Morgan fingerprint density at radius 3 is 2.53 bits per heavy atom. The minimum Gasteiger partial charge on any atom is -0.375 e. The van der Waals surface area contributed by atoms with Gasteiger partial charge in [0.15, 0.2) is 0 Å². The first-order valence-electron chi connectivity index (χ1n) is 6.41. The maximum atomic E-state index is 12.9. The van der Waals surface area contributed by atoms with Gasteiger partial charge in [0.2, 0.25) is 0 Å². The molecule has 0 amide bonds. The van der Waals surface area contributed by atoms with E-state index in [1.807, 2.05) is 29.9 Å². The van der Waals surface area contributed by atoms with Crippen LogP contribution >= 0.6 is 7.95 Å². The molecule has 0 aromatic carbocycles. The lowest BCUT2D eigenvalue weighted by Crippen LogP contribution is -2.48. The molecule has 2 aliphatic heterocycles. The average Bonchev–Trinajstić information content (AvgIpc) is 2.42. The highest BCUT2D eigenvalue weighted by atomic mass is 31.1. The molecule has 0 bridgehead atoms. The second-order valence-corrected chi connectivity index (χ2v) is 7.03. The maximum absolute atomic E-state index is 12.9. The molecule has 4 nitrogen and oxygen atoms in total. The molecule has 1 saturated heterocycles. The van der Waals surface area contributed by atoms with Crippen LogP contribution in [0.3, 0.4) is 0 Å². The lowest BCUT2D eigenvalue weighted by Gasteiger charge is -2.33. The Hall–Kier alpha value is -1.38. The molecule has 2 heterocycles. The van der Waals surface area contributed by atoms with Gasteiger partial charge in [-0.2, -0.15) is 0 Å². The van der Waals surface area contributed by atoms with E-state index in [2.05, 4.69) is 30.0 Å². The SMILES string of the molecule is C=CN1CCN([P+](=O)C2(C)NC(=C)C=CC2=C)CC1. The third kappa shape index (κ3) is 2.65. The Morgan fingerprint density at radius 1 is 1.32 bits per heavy atom. The summed E-state index contributed by atoms with van der Waals surface area (Å²) in [5.74, 6) is 0. The summed E-state index contributed by atoms with van der Waals surface area (Å²) in [5, 5.41) is 2.60. The van der Waals surface area contributed by atoms with Gasteiger partial charge in [0.05, 0.1) is 13.1 Å². The minimum atomic E-state index is -1.59. The van der Waals surface area contributed by atoms with E-state index in [1.165, 1.54) is 0 Å². The molecule has 1 N–H and O–H groups in total. The highest BCUT2D eigenvalue weighted by molar-refractivity contribution is 7.44. The highest BCUT2D eigenvalue weighted by Crippen LogP contribution is 2.47. The summed E-state index contributed by atoms with van der Waals surface area (Å²) in [7, 11) is -1.59. The van der Waals surface area contributed by atoms with Crippen molar-refractivity contribution in [3.8, 4) is 0 Å². The fraction of sp³-hybridized carbons (Fsp3) is 0.429. The maximum Gasteiger partial charge on any atom is 0.467 e. The van der Waals surface area contributed by atoms with Crippen LogP contribution in [0.2, 0.25) is 0 Å². The largest absolute Gasteiger partial charge is 0.467 e. The van der Waals surface area contributed by atoms with Crippen LogP contribution < -0.4 is 5.32 Å². The molecule has 102 valence electrons. The molecular formula is C14H21N3OP+. The van der Waals surface area contributed by atoms with Crippen LogP contribution in [0.5, 0.6) is 0 Å². The first-order valence-corrected chi connectivity index (χ1v) is 7.62. The molecule has 2 aliphatic rings. The number of hydrogen-bond acceptors (Lipinski definition) is 3. The van der Waals surface area contributed by atoms with E-state index in [0.717, 1.165) is 37.4 Å². The predicted molar refractivity (Wildman–Crippen MR) is 79.9 cm³/mol. The molecule has 1 fully saturated rings. The van der Waals surface area contributed by atoms with Gasteiger partial charge in [0.25, 0.3) is 5.28 Å². The fourth-order valence-electron chi connectivity index (χ4n) is 2.33. The summed E-state index contributed by atoms with van der Waals surface area (Å²) < 4.78 is 14.9. The molecule has 0 spiro atoms. The van der Waals surface area contributed by atoms with E-state index in [4.69, 9.17) is 0 Å². The standard InChI is InChI=1S/C14H21N3OP/c1-5-16-8-10-17(11-9-16)19(18)14(4)12(2)6-7-13(3)15-14/h5-7,15H,1-3,8-11H2,4H3/q+1. The third-order valence-electron chi connectivity index (χ3n) is 3.70. The van der Waals surface area contributed by atoms with E-state index >= 15 is 0 Å². The molecule has 0 radical (unpaired) electrons. The van der Waals surface area contributed by atoms with Crippen molar-refractivity contribution in [2.75, 3.05) is 26.2 Å². The lowest BCUT2D eigenvalue weighted by atomic mass is 10.1. The van der Waals surface area contributed by atoms with E-state index in [1.54, 1.807) is 0 Å². The number of piperazine rings is 1. The zero-order valence-corrected chi connectivity index (χ0v) is 12.3. The number of nitrogens with zero attached hydrogens (tertiary/aromatic N) is 2. The molecule has 2 unspecified atom stereocenters. The van der Waals surface area contributed by atoms with E-state index in [9.17, 15) is 4.57 Å². The molecule has 5 heteroatoms. The van der Waals surface area contributed by atoms with Crippen LogP contribution in [-0.4, -0.2) is 41.0 Å². The van der Waals surface area contributed by atoms with Gasteiger partial charge in [0, 0.05) is 31.3 Å². The second kappa shape index (κ2) is 5.32. The Bertz CT molecular complexity index is 463. The molecule has 0 saturated carbocycles. The summed E-state index contributed by atoms with van der Waals surface area (Å²) in [6, 6.07) is 0. The summed E-state index contributed by atoms with van der Waals surface area (Å²) in [6.07, 6.45) is 5.60. The third-order valence-corrected chi connectivity index (χ3v) is 5.78. The van der Waals surface area contributed by atoms with Gasteiger partial charge in [-0.05, 0) is 16.8 Å². The zero-order chi connectivity index (χ0) is 14.0. The summed E-state index contributed by atoms with van der Waals surface area (Å²) in [6.45, 7) is 16.9. The van der Waals surface area contributed by atoms with E-state index in [0.29, 0.717) is 0 Å². The number of allylic oxidation sites excluding steroid dienone is 1. The molecular weight excluding hydrogens is 257 g/mol. The average molecular weight is 278 g/mol. The first kappa shape index (κ1) is 14.0. The summed E-state index contributed by atoms with van der Waals surface area (Å²) in [5.41, 5.74) is 1.62. The highest BCUT2D eigenvalue weighted by Gasteiger charge is 2.52. The van der Waals surface area contributed by atoms with Crippen molar-refractivity contribution in [3.63, 3.8) is 0 Å². The summed E-state index contributed by atoms with van der Waals surface area (Å²) >= 11 is 0. The lowest BCUT2D eigenvalue weighted by molar-refractivity contribution is 0.243. The number of nitrogens with one attached hydrogen (secondary N) is 1. The van der Waals surface area contributed by atoms with Gasteiger partial charge in [-0.25, -0.2) is 0 Å². The van der Waals surface area contributed by atoms with Crippen LogP contribution in [0.15, 0.2) is 49.4 Å². The normalized spacial score (nSPS) is 29.1. The fourth-order valence-corrected chi connectivity index (χ4v) is 3.99.